The molecule has 4 heteroatoms. The third kappa shape index (κ3) is 1.74. The van der Waals surface area contributed by atoms with Crippen molar-refractivity contribution in [2.75, 3.05) is 20.1 Å². The lowest BCUT2D eigenvalue weighted by Crippen LogP contribution is -2.39. The first kappa shape index (κ1) is 9.01. The van der Waals surface area contributed by atoms with Crippen molar-refractivity contribution in [2.45, 2.75) is 18.9 Å². The van der Waals surface area contributed by atoms with E-state index in [9.17, 15) is 4.79 Å². The van der Waals surface area contributed by atoms with Gasteiger partial charge in [-0.15, -0.1) is 0 Å². The van der Waals surface area contributed by atoms with Crippen molar-refractivity contribution in [3.05, 3.63) is 0 Å². The molecule has 0 bridgehead atoms. The lowest BCUT2D eigenvalue weighted by atomic mass is 10.2. The highest BCUT2D eigenvalue weighted by Gasteiger charge is 2.27. The van der Waals surface area contributed by atoms with E-state index in [1.807, 2.05) is 0 Å². The predicted octanol–water partition coefficient (Wildman–Crippen LogP) is -0.280. The Labute approximate surface area is 72.2 Å². The lowest BCUT2D eigenvalue weighted by molar-refractivity contribution is -0.130. The summed E-state index contributed by atoms with van der Waals surface area (Å²) in [6, 6.07) is 1.94. The van der Waals surface area contributed by atoms with Crippen LogP contribution in [-0.2, 0) is 4.79 Å². The average molecular weight is 167 g/mol. The van der Waals surface area contributed by atoms with Gasteiger partial charge in [0.1, 0.15) is 6.04 Å². The molecule has 1 heterocycles. The van der Waals surface area contributed by atoms with Crippen LogP contribution in [-0.4, -0.2) is 37.0 Å². The van der Waals surface area contributed by atoms with E-state index in [1.54, 1.807) is 11.9 Å². The molecule has 4 nitrogen and oxygen atoms in total. The number of amides is 1. The van der Waals surface area contributed by atoms with Crippen LogP contribution in [0.25, 0.3) is 0 Å². The first-order valence-electron chi connectivity index (χ1n) is 4.13. The second-order valence-corrected chi connectivity index (χ2v) is 2.90. The summed E-state index contributed by atoms with van der Waals surface area (Å²) in [4.78, 5) is 13.0. The van der Waals surface area contributed by atoms with Gasteiger partial charge in [-0.25, -0.2) is 0 Å². The van der Waals surface area contributed by atoms with E-state index in [-0.39, 0.29) is 11.9 Å². The molecule has 66 valence electrons. The van der Waals surface area contributed by atoms with Crippen LogP contribution < -0.4 is 5.32 Å². The fourth-order valence-electron chi connectivity index (χ4n) is 1.45. The molecule has 1 atom stereocenters. The Morgan fingerprint density at radius 2 is 2.58 bits per heavy atom. The van der Waals surface area contributed by atoms with Gasteiger partial charge in [-0.3, -0.25) is 4.79 Å². The van der Waals surface area contributed by atoms with E-state index in [1.165, 1.54) is 0 Å². The Hall–Kier alpha value is -1.08. The van der Waals surface area contributed by atoms with E-state index >= 15 is 0 Å². The number of nitrogens with one attached hydrogen (secondary N) is 1. The van der Waals surface area contributed by atoms with Gasteiger partial charge in [0.25, 0.3) is 0 Å². The second-order valence-electron chi connectivity index (χ2n) is 2.90. The quantitative estimate of drug-likeness (QED) is 0.615. The van der Waals surface area contributed by atoms with Crippen molar-refractivity contribution in [1.29, 1.82) is 5.26 Å². The van der Waals surface area contributed by atoms with E-state index in [2.05, 4.69) is 11.4 Å². The van der Waals surface area contributed by atoms with Crippen molar-refractivity contribution in [1.82, 2.24) is 10.2 Å². The SMILES string of the molecule is CNCC(=O)N1CCCC1C#N. The Balaban J connectivity index is 2.51. The number of nitriles is 1. The molecule has 1 N–H and O–H groups in total. The number of hydrogen-bond donors (Lipinski definition) is 1. The van der Waals surface area contributed by atoms with E-state index < -0.39 is 0 Å². The minimum atomic E-state index is -0.189. The Morgan fingerprint density at radius 1 is 1.83 bits per heavy atom. The van der Waals surface area contributed by atoms with Crippen LogP contribution in [0.15, 0.2) is 0 Å². The zero-order valence-electron chi connectivity index (χ0n) is 7.21. The number of rotatable bonds is 2. The van der Waals surface area contributed by atoms with Gasteiger partial charge >= 0.3 is 0 Å². The molecule has 0 saturated carbocycles. The summed E-state index contributed by atoms with van der Waals surface area (Å²) in [5.41, 5.74) is 0. The minimum Gasteiger partial charge on any atom is -0.326 e. The van der Waals surface area contributed by atoms with Crippen LogP contribution in [0.3, 0.4) is 0 Å². The van der Waals surface area contributed by atoms with Gasteiger partial charge in [0.2, 0.25) is 5.91 Å². The third-order valence-corrected chi connectivity index (χ3v) is 2.05. The van der Waals surface area contributed by atoms with Crippen molar-refractivity contribution < 1.29 is 4.79 Å². The number of carbonyl (C=O) groups is 1. The highest BCUT2D eigenvalue weighted by atomic mass is 16.2. The summed E-state index contributed by atoms with van der Waals surface area (Å²) in [5.74, 6) is 0.0292. The molecule has 0 aromatic carbocycles. The summed E-state index contributed by atoms with van der Waals surface area (Å²) >= 11 is 0. The average Bonchev–Trinajstić information content (AvgIpc) is 2.51. The van der Waals surface area contributed by atoms with E-state index in [0.717, 1.165) is 19.4 Å². The molecule has 1 rings (SSSR count). The molecule has 1 saturated heterocycles. The van der Waals surface area contributed by atoms with Gasteiger partial charge in [0.15, 0.2) is 0 Å². The highest BCUT2D eigenvalue weighted by Crippen LogP contribution is 2.15. The van der Waals surface area contributed by atoms with Gasteiger partial charge in [0, 0.05) is 6.54 Å². The molecule has 0 aromatic rings. The summed E-state index contributed by atoms with van der Waals surface area (Å²) in [7, 11) is 1.73. The molecule has 0 radical (unpaired) electrons. The van der Waals surface area contributed by atoms with E-state index in [4.69, 9.17) is 5.26 Å². The van der Waals surface area contributed by atoms with Crippen LogP contribution in [0, 0.1) is 11.3 Å². The Morgan fingerprint density at radius 3 is 3.17 bits per heavy atom. The maximum absolute atomic E-state index is 11.3. The molecule has 0 aliphatic carbocycles. The van der Waals surface area contributed by atoms with E-state index in [0.29, 0.717) is 6.54 Å². The van der Waals surface area contributed by atoms with Crippen molar-refractivity contribution in [3.63, 3.8) is 0 Å². The number of nitrogens with zero attached hydrogens (tertiary/aromatic N) is 2. The van der Waals surface area contributed by atoms with Gasteiger partial charge in [-0.1, -0.05) is 0 Å². The van der Waals surface area contributed by atoms with Gasteiger partial charge in [0.05, 0.1) is 12.6 Å². The maximum atomic E-state index is 11.3. The van der Waals surface area contributed by atoms with Crippen LogP contribution >= 0.6 is 0 Å². The minimum absolute atomic E-state index is 0.0292. The Kier molecular flexibility index (Phi) is 3.06. The Bertz CT molecular complexity index is 209. The fourth-order valence-corrected chi connectivity index (χ4v) is 1.45. The maximum Gasteiger partial charge on any atom is 0.237 e. The summed E-state index contributed by atoms with van der Waals surface area (Å²) in [6.45, 7) is 1.07. The second kappa shape index (κ2) is 4.07. The molecule has 0 spiro atoms. The first-order valence-corrected chi connectivity index (χ1v) is 4.13. The van der Waals surface area contributed by atoms with Crippen LogP contribution in [0.2, 0.25) is 0 Å². The number of hydrogen-bond acceptors (Lipinski definition) is 3. The molecule has 1 aliphatic heterocycles. The molecule has 1 aliphatic rings. The van der Waals surface area contributed by atoms with Crippen molar-refractivity contribution in [2.24, 2.45) is 0 Å². The van der Waals surface area contributed by atoms with Crippen molar-refractivity contribution >= 4 is 5.91 Å². The third-order valence-electron chi connectivity index (χ3n) is 2.05. The summed E-state index contributed by atoms with van der Waals surface area (Å²) in [6.07, 6.45) is 1.78. The molecular weight excluding hydrogens is 154 g/mol. The molecule has 12 heavy (non-hydrogen) atoms. The van der Waals surface area contributed by atoms with Crippen LogP contribution in [0.1, 0.15) is 12.8 Å². The normalized spacial score (nSPS) is 22.3. The van der Waals surface area contributed by atoms with Crippen molar-refractivity contribution in [3.8, 4) is 6.07 Å². The number of likely N-dealkylation sites (N-methyl/N-ethyl adjacent to an activating group) is 1. The van der Waals surface area contributed by atoms with Gasteiger partial charge < -0.3 is 10.2 Å². The smallest absolute Gasteiger partial charge is 0.237 e. The molecule has 1 fully saturated rings. The molecule has 1 unspecified atom stereocenters. The number of carbonyl (C=O) groups excluding carboxylic acids is 1. The fraction of sp³-hybridized carbons (Fsp3) is 0.750. The topological polar surface area (TPSA) is 56.1 Å². The largest absolute Gasteiger partial charge is 0.326 e. The number of likely N-dealkylation sites (tertiary alicyclic amines) is 1. The predicted molar refractivity (Wildman–Crippen MR) is 44.3 cm³/mol. The first-order chi connectivity index (χ1) is 5.79. The molecule has 0 aromatic heterocycles. The molecular formula is C8H13N3O. The lowest BCUT2D eigenvalue weighted by Gasteiger charge is -2.18. The highest BCUT2D eigenvalue weighted by molar-refractivity contribution is 5.79. The monoisotopic (exact) mass is 167 g/mol. The van der Waals surface area contributed by atoms with Gasteiger partial charge in [-0.05, 0) is 19.9 Å². The summed E-state index contributed by atoms with van der Waals surface area (Å²) in [5, 5.41) is 11.5. The van der Waals surface area contributed by atoms with Crippen LogP contribution in [0.4, 0.5) is 0 Å². The van der Waals surface area contributed by atoms with Crippen LogP contribution in [0.5, 0.6) is 0 Å². The van der Waals surface area contributed by atoms with Gasteiger partial charge in [-0.2, -0.15) is 5.26 Å². The zero-order chi connectivity index (χ0) is 8.97. The summed E-state index contributed by atoms with van der Waals surface area (Å²) < 4.78 is 0. The zero-order valence-corrected chi connectivity index (χ0v) is 7.21. The standard InChI is InChI=1S/C8H13N3O/c1-10-6-8(12)11-4-2-3-7(11)5-9/h7,10H,2-4,6H2,1H3. The molecule has 1 amide bonds.